The van der Waals surface area contributed by atoms with Crippen LogP contribution in [-0.2, 0) is 4.79 Å². The molecule has 0 aliphatic carbocycles. The molecule has 134 valence electrons. The van der Waals surface area contributed by atoms with Crippen LogP contribution in [0.15, 0.2) is 54.7 Å². The zero-order valence-corrected chi connectivity index (χ0v) is 14.8. The molecular weight excluding hydrogens is 332 g/mol. The monoisotopic (exact) mass is 352 g/mol. The normalized spacial score (nSPS) is 11.7. The Morgan fingerprint density at radius 3 is 2.31 bits per heavy atom. The highest BCUT2D eigenvalue weighted by Gasteiger charge is 2.15. The van der Waals surface area contributed by atoms with Gasteiger partial charge in [-0.15, -0.1) is 5.10 Å². The highest BCUT2D eigenvalue weighted by Crippen LogP contribution is 2.19. The van der Waals surface area contributed by atoms with Gasteiger partial charge in [0.05, 0.1) is 24.7 Å². The molecule has 0 fully saturated rings. The van der Waals surface area contributed by atoms with E-state index in [0.29, 0.717) is 11.4 Å². The van der Waals surface area contributed by atoms with E-state index in [9.17, 15) is 4.79 Å². The SMILES string of the molecule is COc1ccc(OC(C)C(=O)Nc2ccc(-n3nncc3C)cc2)cc1. The Balaban J connectivity index is 1.60. The van der Waals surface area contributed by atoms with Crippen LogP contribution in [0.2, 0.25) is 0 Å². The molecule has 26 heavy (non-hydrogen) atoms. The van der Waals surface area contributed by atoms with Gasteiger partial charge in [-0.1, -0.05) is 5.21 Å². The molecular formula is C19H20N4O3. The van der Waals surface area contributed by atoms with Crippen molar-refractivity contribution in [2.24, 2.45) is 0 Å². The maximum absolute atomic E-state index is 12.3. The van der Waals surface area contributed by atoms with Gasteiger partial charge >= 0.3 is 0 Å². The van der Waals surface area contributed by atoms with Crippen LogP contribution in [0.3, 0.4) is 0 Å². The number of rotatable bonds is 6. The molecule has 1 aromatic heterocycles. The van der Waals surface area contributed by atoms with E-state index in [4.69, 9.17) is 9.47 Å². The lowest BCUT2D eigenvalue weighted by molar-refractivity contribution is -0.122. The molecule has 1 atom stereocenters. The Morgan fingerprint density at radius 1 is 1.08 bits per heavy atom. The lowest BCUT2D eigenvalue weighted by Gasteiger charge is -2.15. The van der Waals surface area contributed by atoms with Crippen molar-refractivity contribution in [3.8, 4) is 17.2 Å². The molecule has 0 saturated heterocycles. The standard InChI is InChI=1S/C19H20N4O3/c1-13-12-20-22-23(13)16-6-4-15(5-7-16)21-19(24)14(2)26-18-10-8-17(25-3)9-11-18/h4-12,14H,1-3H3,(H,21,24). The summed E-state index contributed by atoms with van der Waals surface area (Å²) in [5, 5.41) is 10.7. The zero-order valence-electron chi connectivity index (χ0n) is 14.8. The molecule has 3 rings (SSSR count). The Kier molecular flexibility index (Phi) is 5.17. The van der Waals surface area contributed by atoms with Crippen LogP contribution in [0, 0.1) is 6.92 Å². The van der Waals surface area contributed by atoms with Crippen molar-refractivity contribution in [1.29, 1.82) is 0 Å². The average Bonchev–Trinajstić information content (AvgIpc) is 3.09. The van der Waals surface area contributed by atoms with Crippen molar-refractivity contribution in [3.63, 3.8) is 0 Å². The highest BCUT2D eigenvalue weighted by atomic mass is 16.5. The number of hydrogen-bond acceptors (Lipinski definition) is 5. The van der Waals surface area contributed by atoms with Gasteiger partial charge in [-0.2, -0.15) is 0 Å². The first-order valence-corrected chi connectivity index (χ1v) is 8.16. The van der Waals surface area contributed by atoms with Crippen LogP contribution in [-0.4, -0.2) is 34.1 Å². The Morgan fingerprint density at radius 2 is 1.73 bits per heavy atom. The van der Waals surface area contributed by atoms with Crippen molar-refractivity contribution >= 4 is 11.6 Å². The molecule has 0 bridgehead atoms. The lowest BCUT2D eigenvalue weighted by Crippen LogP contribution is -2.30. The van der Waals surface area contributed by atoms with Crippen LogP contribution >= 0.6 is 0 Å². The molecule has 7 heteroatoms. The molecule has 0 spiro atoms. The molecule has 0 saturated carbocycles. The number of aromatic nitrogens is 3. The first-order chi connectivity index (χ1) is 12.6. The van der Waals surface area contributed by atoms with E-state index in [1.807, 2.05) is 31.2 Å². The molecule has 0 aliphatic rings. The van der Waals surface area contributed by atoms with Gasteiger partial charge in [-0.3, -0.25) is 4.79 Å². The largest absolute Gasteiger partial charge is 0.497 e. The van der Waals surface area contributed by atoms with Crippen LogP contribution in [0.1, 0.15) is 12.6 Å². The van der Waals surface area contributed by atoms with Gasteiger partial charge in [0.1, 0.15) is 11.5 Å². The summed E-state index contributed by atoms with van der Waals surface area (Å²) in [4.78, 5) is 12.3. The predicted octanol–water partition coefficient (Wildman–Crippen LogP) is 2.99. The first kappa shape index (κ1) is 17.5. The lowest BCUT2D eigenvalue weighted by atomic mass is 10.2. The second kappa shape index (κ2) is 7.69. The molecule has 2 aromatic carbocycles. The molecule has 0 aliphatic heterocycles. The third-order valence-corrected chi connectivity index (χ3v) is 3.84. The maximum atomic E-state index is 12.3. The number of methoxy groups -OCH3 is 1. The van der Waals surface area contributed by atoms with E-state index in [1.54, 1.807) is 49.2 Å². The van der Waals surface area contributed by atoms with Crippen LogP contribution < -0.4 is 14.8 Å². The summed E-state index contributed by atoms with van der Waals surface area (Å²) < 4.78 is 12.5. The second-order valence-corrected chi connectivity index (χ2v) is 5.76. The number of aryl methyl sites for hydroxylation is 1. The van der Waals surface area contributed by atoms with Crippen molar-refractivity contribution in [3.05, 3.63) is 60.4 Å². The highest BCUT2D eigenvalue weighted by molar-refractivity contribution is 5.94. The first-order valence-electron chi connectivity index (χ1n) is 8.16. The molecule has 1 N–H and O–H groups in total. The number of benzene rings is 2. The van der Waals surface area contributed by atoms with Gasteiger partial charge in [0.25, 0.3) is 5.91 Å². The summed E-state index contributed by atoms with van der Waals surface area (Å²) >= 11 is 0. The van der Waals surface area contributed by atoms with Gasteiger partial charge in [-0.05, 0) is 62.4 Å². The third kappa shape index (κ3) is 4.00. The van der Waals surface area contributed by atoms with Gasteiger partial charge < -0.3 is 14.8 Å². The third-order valence-electron chi connectivity index (χ3n) is 3.84. The van der Waals surface area contributed by atoms with E-state index in [2.05, 4.69) is 15.6 Å². The zero-order chi connectivity index (χ0) is 18.5. The average molecular weight is 352 g/mol. The number of carbonyl (C=O) groups is 1. The summed E-state index contributed by atoms with van der Waals surface area (Å²) in [5.41, 5.74) is 2.49. The molecule has 3 aromatic rings. The second-order valence-electron chi connectivity index (χ2n) is 5.76. The van der Waals surface area contributed by atoms with Gasteiger partial charge in [0.15, 0.2) is 6.10 Å². The minimum Gasteiger partial charge on any atom is -0.497 e. The molecule has 1 amide bonds. The van der Waals surface area contributed by atoms with E-state index < -0.39 is 6.10 Å². The number of nitrogens with one attached hydrogen (secondary N) is 1. The Bertz CT molecular complexity index is 873. The van der Waals surface area contributed by atoms with Crippen LogP contribution in [0.5, 0.6) is 11.5 Å². The topological polar surface area (TPSA) is 78.3 Å². The van der Waals surface area contributed by atoms with Crippen molar-refractivity contribution < 1.29 is 14.3 Å². The number of amides is 1. The summed E-state index contributed by atoms with van der Waals surface area (Å²) in [5.74, 6) is 1.10. The summed E-state index contributed by atoms with van der Waals surface area (Å²) in [6.07, 6.45) is 1.05. The fourth-order valence-corrected chi connectivity index (χ4v) is 2.38. The number of ether oxygens (including phenoxy) is 2. The van der Waals surface area contributed by atoms with Gasteiger partial charge in [0.2, 0.25) is 0 Å². The fourth-order valence-electron chi connectivity index (χ4n) is 2.38. The summed E-state index contributed by atoms with van der Waals surface area (Å²) in [6, 6.07) is 14.5. The Labute approximate surface area is 151 Å². The summed E-state index contributed by atoms with van der Waals surface area (Å²) in [6.45, 7) is 3.63. The van der Waals surface area contributed by atoms with Gasteiger partial charge in [0, 0.05) is 5.69 Å². The molecule has 7 nitrogen and oxygen atoms in total. The quantitative estimate of drug-likeness (QED) is 0.738. The van der Waals surface area contributed by atoms with Crippen molar-refractivity contribution in [2.75, 3.05) is 12.4 Å². The number of nitrogens with zero attached hydrogens (tertiary/aromatic N) is 3. The minimum atomic E-state index is -0.638. The van der Waals surface area contributed by atoms with Crippen molar-refractivity contribution in [2.45, 2.75) is 20.0 Å². The van der Waals surface area contributed by atoms with Crippen molar-refractivity contribution in [1.82, 2.24) is 15.0 Å². The minimum absolute atomic E-state index is 0.231. The molecule has 1 heterocycles. The number of hydrogen-bond donors (Lipinski definition) is 1. The predicted molar refractivity (Wildman–Crippen MR) is 97.8 cm³/mol. The van der Waals surface area contributed by atoms with Gasteiger partial charge in [-0.25, -0.2) is 4.68 Å². The van der Waals surface area contributed by atoms with E-state index in [1.165, 1.54) is 0 Å². The number of carbonyl (C=O) groups excluding carboxylic acids is 1. The van der Waals surface area contributed by atoms with Crippen LogP contribution in [0.4, 0.5) is 5.69 Å². The molecule has 0 radical (unpaired) electrons. The van der Waals surface area contributed by atoms with E-state index in [0.717, 1.165) is 17.1 Å². The van der Waals surface area contributed by atoms with E-state index >= 15 is 0 Å². The summed E-state index contributed by atoms with van der Waals surface area (Å²) in [7, 11) is 1.60. The number of anilines is 1. The fraction of sp³-hybridized carbons (Fsp3) is 0.211. The smallest absolute Gasteiger partial charge is 0.265 e. The maximum Gasteiger partial charge on any atom is 0.265 e. The molecule has 1 unspecified atom stereocenters. The van der Waals surface area contributed by atoms with Crippen LogP contribution in [0.25, 0.3) is 5.69 Å². The Hall–Kier alpha value is -3.35. The van der Waals surface area contributed by atoms with E-state index in [-0.39, 0.29) is 5.91 Å².